The molecule has 0 aliphatic carbocycles. The van der Waals surface area contributed by atoms with E-state index < -0.39 is 12.1 Å². The standard InChI is InChI=1S/C22H25NO4/c1-4-26-20-12-9-18(10-13-20)11-14-21(24)27-17(3)22(25)23-15-19-7-5-16(2)6-8-19/h5-14,17H,4,15H2,1-3H3,(H,23,25)/b14-11+/t17-/m1/s1. The SMILES string of the molecule is CCOc1ccc(/C=C/C(=O)O[C@H](C)C(=O)NCc2ccc(C)cc2)cc1. The number of esters is 1. The lowest BCUT2D eigenvalue weighted by molar-refractivity contribution is -0.150. The Morgan fingerprint density at radius 1 is 1.07 bits per heavy atom. The van der Waals surface area contributed by atoms with E-state index >= 15 is 0 Å². The molecule has 0 fully saturated rings. The van der Waals surface area contributed by atoms with Crippen molar-refractivity contribution >= 4 is 18.0 Å². The van der Waals surface area contributed by atoms with E-state index in [1.807, 2.05) is 62.4 Å². The summed E-state index contributed by atoms with van der Waals surface area (Å²) in [7, 11) is 0. The van der Waals surface area contributed by atoms with Crippen LogP contribution >= 0.6 is 0 Å². The fourth-order valence-electron chi connectivity index (χ4n) is 2.31. The molecule has 2 rings (SSSR count). The maximum atomic E-state index is 12.1. The second-order valence-corrected chi connectivity index (χ2v) is 6.12. The number of hydrogen-bond donors (Lipinski definition) is 1. The summed E-state index contributed by atoms with van der Waals surface area (Å²) in [6.45, 7) is 6.47. The van der Waals surface area contributed by atoms with Crippen LogP contribution in [-0.4, -0.2) is 24.6 Å². The Kier molecular flexibility index (Phi) is 7.62. The van der Waals surface area contributed by atoms with Crippen molar-refractivity contribution in [3.63, 3.8) is 0 Å². The normalized spacial score (nSPS) is 11.8. The Hall–Kier alpha value is -3.08. The summed E-state index contributed by atoms with van der Waals surface area (Å²) in [4.78, 5) is 24.0. The number of benzene rings is 2. The minimum Gasteiger partial charge on any atom is -0.494 e. The van der Waals surface area contributed by atoms with Gasteiger partial charge in [0.05, 0.1) is 6.61 Å². The van der Waals surface area contributed by atoms with Crippen molar-refractivity contribution < 1.29 is 19.1 Å². The molecule has 1 atom stereocenters. The van der Waals surface area contributed by atoms with E-state index in [-0.39, 0.29) is 5.91 Å². The van der Waals surface area contributed by atoms with Gasteiger partial charge in [-0.2, -0.15) is 0 Å². The smallest absolute Gasteiger partial charge is 0.331 e. The number of ether oxygens (including phenoxy) is 2. The second kappa shape index (κ2) is 10.2. The second-order valence-electron chi connectivity index (χ2n) is 6.12. The van der Waals surface area contributed by atoms with E-state index in [0.29, 0.717) is 13.2 Å². The first-order chi connectivity index (χ1) is 13.0. The molecule has 0 aliphatic heterocycles. The van der Waals surface area contributed by atoms with E-state index in [9.17, 15) is 9.59 Å². The van der Waals surface area contributed by atoms with Gasteiger partial charge in [0, 0.05) is 12.6 Å². The molecule has 2 aromatic carbocycles. The van der Waals surface area contributed by atoms with E-state index in [2.05, 4.69) is 5.32 Å². The van der Waals surface area contributed by atoms with Crippen molar-refractivity contribution in [1.82, 2.24) is 5.32 Å². The van der Waals surface area contributed by atoms with Crippen LogP contribution in [0.25, 0.3) is 6.08 Å². The summed E-state index contributed by atoms with van der Waals surface area (Å²) in [5.74, 6) is -0.128. The molecular weight excluding hydrogens is 342 g/mol. The van der Waals surface area contributed by atoms with Gasteiger partial charge in [-0.15, -0.1) is 0 Å². The fourth-order valence-corrected chi connectivity index (χ4v) is 2.31. The quantitative estimate of drug-likeness (QED) is 0.571. The zero-order valence-corrected chi connectivity index (χ0v) is 15.9. The summed E-state index contributed by atoms with van der Waals surface area (Å²) >= 11 is 0. The van der Waals surface area contributed by atoms with Gasteiger partial charge in [-0.3, -0.25) is 4.79 Å². The molecule has 0 unspecified atom stereocenters. The van der Waals surface area contributed by atoms with Crippen LogP contribution in [0.3, 0.4) is 0 Å². The van der Waals surface area contributed by atoms with Gasteiger partial charge in [0.25, 0.3) is 5.91 Å². The molecule has 2 aromatic rings. The maximum Gasteiger partial charge on any atom is 0.331 e. The summed E-state index contributed by atoms with van der Waals surface area (Å²) in [5, 5.41) is 2.76. The van der Waals surface area contributed by atoms with Crippen molar-refractivity contribution in [2.75, 3.05) is 6.61 Å². The number of carbonyl (C=O) groups excluding carboxylic acids is 2. The van der Waals surface area contributed by atoms with Crippen molar-refractivity contribution in [3.05, 3.63) is 71.3 Å². The van der Waals surface area contributed by atoms with Gasteiger partial charge in [-0.25, -0.2) is 4.79 Å². The molecule has 0 saturated carbocycles. The van der Waals surface area contributed by atoms with Crippen LogP contribution in [0.1, 0.15) is 30.5 Å². The number of nitrogens with one attached hydrogen (secondary N) is 1. The highest BCUT2D eigenvalue weighted by molar-refractivity contribution is 5.90. The minimum absolute atomic E-state index is 0.335. The predicted octanol–water partition coefficient (Wildman–Crippen LogP) is 3.66. The van der Waals surface area contributed by atoms with E-state index in [0.717, 1.165) is 22.4 Å². The van der Waals surface area contributed by atoms with Crippen LogP contribution in [0.4, 0.5) is 0 Å². The summed E-state index contributed by atoms with van der Waals surface area (Å²) in [6.07, 6.45) is 2.07. The zero-order valence-electron chi connectivity index (χ0n) is 15.9. The average molecular weight is 367 g/mol. The Balaban J connectivity index is 1.79. The maximum absolute atomic E-state index is 12.1. The van der Waals surface area contributed by atoms with Crippen LogP contribution in [0.2, 0.25) is 0 Å². The van der Waals surface area contributed by atoms with Crippen LogP contribution in [0.15, 0.2) is 54.6 Å². The first kappa shape index (κ1) is 20.2. The highest BCUT2D eigenvalue weighted by Crippen LogP contribution is 2.13. The van der Waals surface area contributed by atoms with Gasteiger partial charge in [-0.1, -0.05) is 42.0 Å². The van der Waals surface area contributed by atoms with Gasteiger partial charge in [-0.05, 0) is 50.1 Å². The molecule has 0 aromatic heterocycles. The molecule has 142 valence electrons. The number of amides is 1. The molecule has 0 bridgehead atoms. The van der Waals surface area contributed by atoms with Gasteiger partial charge in [0.2, 0.25) is 0 Å². The highest BCUT2D eigenvalue weighted by Gasteiger charge is 2.16. The molecule has 0 spiro atoms. The molecule has 27 heavy (non-hydrogen) atoms. The van der Waals surface area contributed by atoms with Gasteiger partial charge < -0.3 is 14.8 Å². The monoisotopic (exact) mass is 367 g/mol. The number of aryl methyl sites for hydroxylation is 1. The Morgan fingerprint density at radius 3 is 2.37 bits per heavy atom. The van der Waals surface area contributed by atoms with Gasteiger partial charge in [0.1, 0.15) is 5.75 Å². The predicted molar refractivity (Wildman–Crippen MR) is 105 cm³/mol. The molecule has 5 heteroatoms. The number of rotatable bonds is 8. The van der Waals surface area contributed by atoms with Crippen LogP contribution < -0.4 is 10.1 Å². The van der Waals surface area contributed by atoms with Crippen LogP contribution in [0.5, 0.6) is 5.75 Å². The van der Waals surface area contributed by atoms with Crippen LogP contribution in [-0.2, 0) is 20.9 Å². The third-order valence-corrected chi connectivity index (χ3v) is 3.85. The molecule has 0 aliphatic rings. The molecule has 1 amide bonds. The van der Waals surface area contributed by atoms with E-state index in [4.69, 9.17) is 9.47 Å². The summed E-state index contributed by atoms with van der Waals surface area (Å²) in [5.41, 5.74) is 2.99. The molecule has 0 heterocycles. The first-order valence-electron chi connectivity index (χ1n) is 8.92. The molecule has 1 N–H and O–H groups in total. The molecular formula is C22H25NO4. The third kappa shape index (κ3) is 6.98. The zero-order chi connectivity index (χ0) is 19.6. The molecule has 0 saturated heterocycles. The lowest BCUT2D eigenvalue weighted by Crippen LogP contribution is -2.35. The van der Waals surface area contributed by atoms with Crippen molar-refractivity contribution in [2.24, 2.45) is 0 Å². The summed E-state index contributed by atoms with van der Waals surface area (Å²) < 4.78 is 10.5. The topological polar surface area (TPSA) is 64.6 Å². The number of hydrogen-bond acceptors (Lipinski definition) is 4. The molecule has 5 nitrogen and oxygen atoms in total. The highest BCUT2D eigenvalue weighted by atomic mass is 16.5. The van der Waals surface area contributed by atoms with Gasteiger partial charge in [0.15, 0.2) is 6.10 Å². The Bertz CT molecular complexity index is 779. The fraction of sp³-hybridized carbons (Fsp3) is 0.273. The Labute approximate surface area is 160 Å². The minimum atomic E-state index is -0.868. The summed E-state index contributed by atoms with van der Waals surface area (Å²) in [6, 6.07) is 15.2. The largest absolute Gasteiger partial charge is 0.494 e. The Morgan fingerprint density at radius 2 is 1.74 bits per heavy atom. The van der Waals surface area contributed by atoms with E-state index in [1.54, 1.807) is 13.0 Å². The first-order valence-corrected chi connectivity index (χ1v) is 8.92. The number of carbonyl (C=O) groups is 2. The average Bonchev–Trinajstić information content (AvgIpc) is 2.67. The van der Waals surface area contributed by atoms with Gasteiger partial charge >= 0.3 is 5.97 Å². The third-order valence-electron chi connectivity index (χ3n) is 3.85. The lowest BCUT2D eigenvalue weighted by atomic mass is 10.1. The molecule has 0 radical (unpaired) electrons. The van der Waals surface area contributed by atoms with Crippen molar-refractivity contribution in [2.45, 2.75) is 33.4 Å². The lowest BCUT2D eigenvalue weighted by Gasteiger charge is -2.12. The van der Waals surface area contributed by atoms with E-state index in [1.165, 1.54) is 6.08 Å². The van der Waals surface area contributed by atoms with Crippen molar-refractivity contribution in [3.8, 4) is 5.75 Å². The van der Waals surface area contributed by atoms with Crippen LogP contribution in [0, 0.1) is 6.92 Å². The van der Waals surface area contributed by atoms with Crippen molar-refractivity contribution in [1.29, 1.82) is 0 Å².